The summed E-state index contributed by atoms with van der Waals surface area (Å²) in [7, 11) is 0. The largest absolute Gasteiger partial charge is 0.459 e. The van der Waals surface area contributed by atoms with Gasteiger partial charge in [0.25, 0.3) is 0 Å². The highest BCUT2D eigenvalue weighted by Gasteiger charge is 2.44. The quantitative estimate of drug-likeness (QED) is 0.210. The molecule has 15 nitrogen and oxygen atoms in total. The van der Waals surface area contributed by atoms with Crippen molar-refractivity contribution >= 4 is 46.5 Å². The third kappa shape index (κ3) is 9.40. The number of rotatable bonds is 11. The molecule has 0 aliphatic carbocycles. The number of likely N-dealkylation sites (tertiary alicyclic amines) is 1. The SMILES string of the molecule is CC(=O)OCc1cc(N2CCN(CC(=O)N[C@H](C(=O)N3C[C@H](O)C[C@H]3C(=O)N[C@@H](C)c3ccc(-c4scnc4C)cc3)C(C)(C)C)CC2)c(N)nn1. The van der Waals surface area contributed by atoms with E-state index in [0.29, 0.717) is 37.6 Å². The van der Waals surface area contributed by atoms with E-state index < -0.39 is 35.5 Å². The molecule has 0 radical (unpaired) electrons. The highest BCUT2D eigenvalue weighted by atomic mass is 32.1. The van der Waals surface area contributed by atoms with Gasteiger partial charge in [0.1, 0.15) is 24.4 Å². The fraction of sp³-hybridized carbons (Fsp3) is 0.528. The summed E-state index contributed by atoms with van der Waals surface area (Å²) in [4.78, 5) is 63.2. The molecule has 4 atom stereocenters. The molecule has 0 bridgehead atoms. The Kier molecular flexibility index (Phi) is 12.1. The number of amides is 3. The number of carbonyl (C=O) groups is 4. The number of esters is 1. The Balaban J connectivity index is 1.17. The van der Waals surface area contributed by atoms with Crippen molar-refractivity contribution < 1.29 is 29.0 Å². The number of anilines is 2. The molecular formula is C36H49N9O6S. The van der Waals surface area contributed by atoms with Gasteiger partial charge in [0.05, 0.1) is 40.5 Å². The van der Waals surface area contributed by atoms with E-state index in [0.717, 1.165) is 21.7 Å². The first-order valence-electron chi connectivity index (χ1n) is 17.4. The van der Waals surface area contributed by atoms with Gasteiger partial charge in [-0.2, -0.15) is 0 Å². The van der Waals surface area contributed by atoms with Gasteiger partial charge < -0.3 is 36.0 Å². The molecule has 2 aliphatic heterocycles. The summed E-state index contributed by atoms with van der Waals surface area (Å²) in [5, 5.41) is 24.6. The Morgan fingerprint density at radius 1 is 1.08 bits per heavy atom. The summed E-state index contributed by atoms with van der Waals surface area (Å²) in [5.41, 5.74) is 11.3. The van der Waals surface area contributed by atoms with Crippen LogP contribution in [0.4, 0.5) is 11.5 Å². The summed E-state index contributed by atoms with van der Waals surface area (Å²) in [6.07, 6.45) is -0.766. The van der Waals surface area contributed by atoms with E-state index in [2.05, 4.69) is 25.8 Å². The lowest BCUT2D eigenvalue weighted by Gasteiger charge is -2.38. The lowest BCUT2D eigenvalue weighted by Crippen LogP contribution is -2.59. The summed E-state index contributed by atoms with van der Waals surface area (Å²) in [5.74, 6) is -1.25. The van der Waals surface area contributed by atoms with Gasteiger partial charge in [-0.15, -0.1) is 21.5 Å². The van der Waals surface area contributed by atoms with Crippen molar-refractivity contribution in [1.29, 1.82) is 0 Å². The molecule has 3 aromatic rings. The Morgan fingerprint density at radius 2 is 1.77 bits per heavy atom. The zero-order valence-corrected chi connectivity index (χ0v) is 31.4. The standard InChI is InChI=1S/C36H49N9O6S/c1-21(24-7-9-25(10-8-24)31-22(2)38-20-52-31)39-34(49)29-16-27(47)17-45(29)35(50)32(36(4,5)6)40-30(48)18-43-11-13-44(14-12-43)28-15-26(19-51-23(3)46)41-42-33(28)37/h7-10,15,20-21,27,29,32,47H,11-14,16-19H2,1-6H3,(H2,37,42)(H,39,49)(H,40,48)/t21-,27+,29-,32+/m0/s1. The molecule has 52 heavy (non-hydrogen) atoms. The number of aliphatic hydroxyl groups excluding tert-OH is 1. The van der Waals surface area contributed by atoms with E-state index >= 15 is 0 Å². The molecule has 0 unspecified atom stereocenters. The average molecular weight is 736 g/mol. The molecule has 0 saturated carbocycles. The Hall–Kier alpha value is -4.67. The molecule has 5 rings (SSSR count). The fourth-order valence-electron chi connectivity index (χ4n) is 6.50. The molecule has 2 aromatic heterocycles. The number of thiazole rings is 1. The number of aromatic nitrogens is 3. The van der Waals surface area contributed by atoms with Gasteiger partial charge >= 0.3 is 5.97 Å². The maximum atomic E-state index is 14.1. The number of nitrogens with one attached hydrogen (secondary N) is 2. The molecule has 280 valence electrons. The lowest BCUT2D eigenvalue weighted by atomic mass is 9.85. The minimum absolute atomic E-state index is 0.00576. The van der Waals surface area contributed by atoms with Crippen LogP contribution >= 0.6 is 11.3 Å². The Labute approximate surface area is 307 Å². The number of hydrogen-bond acceptors (Lipinski definition) is 13. The summed E-state index contributed by atoms with van der Waals surface area (Å²) in [6.45, 7) is 13.0. The minimum atomic E-state index is -0.930. The first kappa shape index (κ1) is 38.6. The van der Waals surface area contributed by atoms with E-state index in [-0.39, 0.29) is 49.8 Å². The monoisotopic (exact) mass is 735 g/mol. The second kappa shape index (κ2) is 16.3. The molecule has 3 amide bonds. The number of β-amino-alcohol motifs (C(OH)–C–C–N with tert-alkyl or cyclic N) is 1. The van der Waals surface area contributed by atoms with E-state index in [1.807, 2.05) is 74.2 Å². The fourth-order valence-corrected chi connectivity index (χ4v) is 7.31. The average Bonchev–Trinajstić information content (AvgIpc) is 3.71. The van der Waals surface area contributed by atoms with E-state index in [9.17, 15) is 24.3 Å². The van der Waals surface area contributed by atoms with Gasteiger partial charge in [-0.3, -0.25) is 24.1 Å². The van der Waals surface area contributed by atoms with Gasteiger partial charge in [-0.1, -0.05) is 45.0 Å². The number of piperazine rings is 1. The highest BCUT2D eigenvalue weighted by molar-refractivity contribution is 7.13. The van der Waals surface area contributed by atoms with Gasteiger partial charge in [0.15, 0.2) is 5.82 Å². The zero-order valence-electron chi connectivity index (χ0n) is 30.6. The number of nitrogens with zero attached hydrogens (tertiary/aromatic N) is 6. The number of hydrogen-bond donors (Lipinski definition) is 4. The predicted molar refractivity (Wildman–Crippen MR) is 197 cm³/mol. The van der Waals surface area contributed by atoms with Crippen LogP contribution in [0.2, 0.25) is 0 Å². The van der Waals surface area contributed by atoms with Crippen LogP contribution in [-0.2, 0) is 30.5 Å². The number of aliphatic hydroxyl groups is 1. The summed E-state index contributed by atoms with van der Waals surface area (Å²) < 4.78 is 5.03. The van der Waals surface area contributed by atoms with Crippen LogP contribution in [0.5, 0.6) is 0 Å². The molecule has 2 aliphatic rings. The highest BCUT2D eigenvalue weighted by Crippen LogP contribution is 2.30. The van der Waals surface area contributed by atoms with Gasteiger partial charge in [-0.05, 0) is 36.5 Å². The van der Waals surface area contributed by atoms with Crippen molar-refractivity contribution in [2.45, 2.75) is 78.8 Å². The molecule has 4 heterocycles. The van der Waals surface area contributed by atoms with Crippen LogP contribution in [0.3, 0.4) is 0 Å². The number of aryl methyl sites for hydroxylation is 1. The third-order valence-electron chi connectivity index (χ3n) is 9.42. The topological polar surface area (TPSA) is 196 Å². The lowest BCUT2D eigenvalue weighted by molar-refractivity contribution is -0.144. The van der Waals surface area contributed by atoms with Gasteiger partial charge in [0, 0.05) is 46.1 Å². The van der Waals surface area contributed by atoms with Crippen molar-refractivity contribution in [2.24, 2.45) is 5.41 Å². The van der Waals surface area contributed by atoms with Crippen molar-refractivity contribution in [3.63, 3.8) is 0 Å². The van der Waals surface area contributed by atoms with Crippen LogP contribution < -0.4 is 21.3 Å². The summed E-state index contributed by atoms with van der Waals surface area (Å²) in [6, 6.07) is 7.53. The molecule has 5 N–H and O–H groups in total. The predicted octanol–water partition coefficient (Wildman–Crippen LogP) is 2.05. The Morgan fingerprint density at radius 3 is 2.38 bits per heavy atom. The normalized spacial score (nSPS) is 19.2. The Bertz CT molecular complexity index is 1750. The number of carbonyl (C=O) groups excluding carboxylic acids is 4. The van der Waals surface area contributed by atoms with Crippen molar-refractivity contribution in [1.82, 2.24) is 35.6 Å². The third-order valence-corrected chi connectivity index (χ3v) is 10.4. The first-order valence-corrected chi connectivity index (χ1v) is 18.3. The minimum Gasteiger partial charge on any atom is -0.459 e. The van der Waals surface area contributed by atoms with E-state index in [1.54, 1.807) is 17.4 Å². The van der Waals surface area contributed by atoms with Crippen molar-refractivity contribution in [2.75, 3.05) is 49.9 Å². The van der Waals surface area contributed by atoms with Crippen LogP contribution in [-0.4, -0.2) is 111 Å². The molecular weight excluding hydrogens is 687 g/mol. The van der Waals surface area contributed by atoms with Crippen molar-refractivity contribution in [3.05, 3.63) is 52.8 Å². The molecule has 2 fully saturated rings. The zero-order chi connectivity index (χ0) is 37.7. The maximum Gasteiger partial charge on any atom is 0.303 e. The van der Waals surface area contributed by atoms with Crippen molar-refractivity contribution in [3.8, 4) is 10.4 Å². The maximum absolute atomic E-state index is 14.1. The first-order chi connectivity index (χ1) is 24.6. The number of nitrogens with two attached hydrogens (primary N) is 1. The second-order valence-corrected chi connectivity index (χ2v) is 15.4. The van der Waals surface area contributed by atoms with Crippen LogP contribution in [0.1, 0.15) is 64.0 Å². The smallest absolute Gasteiger partial charge is 0.303 e. The summed E-state index contributed by atoms with van der Waals surface area (Å²) >= 11 is 1.57. The number of ether oxygens (including phenoxy) is 1. The van der Waals surface area contributed by atoms with Crippen LogP contribution in [0, 0.1) is 12.3 Å². The molecule has 1 aromatic carbocycles. The molecule has 16 heteroatoms. The molecule has 2 saturated heterocycles. The van der Waals surface area contributed by atoms with E-state index in [4.69, 9.17) is 10.5 Å². The number of benzene rings is 1. The second-order valence-electron chi connectivity index (χ2n) is 14.5. The molecule has 0 spiro atoms. The van der Waals surface area contributed by atoms with Crippen LogP contribution in [0.15, 0.2) is 35.8 Å². The van der Waals surface area contributed by atoms with E-state index in [1.165, 1.54) is 11.8 Å². The van der Waals surface area contributed by atoms with Gasteiger partial charge in [0.2, 0.25) is 17.7 Å². The van der Waals surface area contributed by atoms with Crippen LogP contribution in [0.25, 0.3) is 10.4 Å². The van der Waals surface area contributed by atoms with Gasteiger partial charge in [-0.25, -0.2) is 4.98 Å². The number of nitrogen functional groups attached to an aromatic ring is 1.